The Hall–Kier alpha value is -3.41. The summed E-state index contributed by atoms with van der Waals surface area (Å²) in [4.78, 5) is 30.2. The van der Waals surface area contributed by atoms with Gasteiger partial charge in [-0.2, -0.15) is 0 Å². The van der Waals surface area contributed by atoms with Gasteiger partial charge < -0.3 is 14.8 Å². The molecule has 0 saturated carbocycles. The number of nitrogens with one attached hydrogen (secondary N) is 1. The first-order chi connectivity index (χ1) is 15.2. The molecule has 0 fully saturated rings. The topological polar surface area (TPSA) is 77.5 Å². The van der Waals surface area contributed by atoms with Crippen molar-refractivity contribution in [3.05, 3.63) is 64.8 Å². The quantitative estimate of drug-likeness (QED) is 0.539. The smallest absolute Gasteiger partial charge is 0.339 e. The summed E-state index contributed by atoms with van der Waals surface area (Å²) in [5.41, 5.74) is 4.30. The molecule has 0 atom stereocenters. The van der Waals surface area contributed by atoms with Crippen LogP contribution in [0.15, 0.2) is 42.5 Å². The van der Waals surface area contributed by atoms with Crippen molar-refractivity contribution in [3.8, 4) is 5.75 Å². The van der Waals surface area contributed by atoms with E-state index in [1.807, 2.05) is 56.3 Å². The Labute approximate surface area is 189 Å². The summed E-state index contributed by atoms with van der Waals surface area (Å²) in [6.07, 6.45) is 0.696. The number of nitrogens with zero attached hydrogens (tertiary/aromatic N) is 1. The van der Waals surface area contributed by atoms with Crippen molar-refractivity contribution in [1.82, 2.24) is 4.98 Å². The number of rotatable bonds is 6. The Morgan fingerprint density at radius 1 is 1.09 bits per heavy atom. The number of hydrogen-bond acceptors (Lipinski definition) is 5. The molecule has 6 heteroatoms. The molecule has 1 N–H and O–H groups in total. The molecule has 1 aromatic heterocycles. The minimum absolute atomic E-state index is 0.0882. The van der Waals surface area contributed by atoms with Crippen molar-refractivity contribution in [3.63, 3.8) is 0 Å². The Bertz CT molecular complexity index is 1160. The molecule has 32 heavy (non-hydrogen) atoms. The summed E-state index contributed by atoms with van der Waals surface area (Å²) in [5, 5.41) is 3.52. The van der Waals surface area contributed by atoms with E-state index in [0.717, 1.165) is 22.3 Å². The van der Waals surface area contributed by atoms with Crippen LogP contribution in [0.4, 0.5) is 5.69 Å². The van der Waals surface area contributed by atoms with Gasteiger partial charge in [-0.15, -0.1) is 0 Å². The monoisotopic (exact) mass is 434 g/mol. The number of aromatic nitrogens is 1. The van der Waals surface area contributed by atoms with Gasteiger partial charge in [-0.25, -0.2) is 4.79 Å². The minimum Gasteiger partial charge on any atom is -0.495 e. The van der Waals surface area contributed by atoms with Crippen LogP contribution in [0.1, 0.15) is 54.9 Å². The molecule has 0 aliphatic heterocycles. The second-order valence-corrected chi connectivity index (χ2v) is 8.72. The molecule has 0 spiro atoms. The number of ether oxygens (including phenoxy) is 2. The standard InChI is InChI=1S/C26H30N2O4/c1-7-19-16(2)24(18-10-8-9-11-20(18)27-19)25(30)32-15-23(29)28-21-14-17(26(3,4)5)12-13-22(21)31-6/h8-14H,7,15H2,1-6H3,(H,28,29). The second-order valence-electron chi connectivity index (χ2n) is 8.72. The van der Waals surface area contributed by atoms with Crippen LogP contribution in [0.3, 0.4) is 0 Å². The zero-order chi connectivity index (χ0) is 23.5. The first kappa shape index (κ1) is 23.3. The maximum absolute atomic E-state index is 13.0. The van der Waals surface area contributed by atoms with Gasteiger partial charge in [-0.05, 0) is 48.1 Å². The fourth-order valence-corrected chi connectivity index (χ4v) is 3.63. The molecule has 0 unspecified atom stereocenters. The highest BCUT2D eigenvalue weighted by Gasteiger charge is 2.21. The third-order valence-corrected chi connectivity index (χ3v) is 5.45. The normalized spacial score (nSPS) is 11.3. The zero-order valence-electron chi connectivity index (χ0n) is 19.5. The average molecular weight is 435 g/mol. The molecule has 3 rings (SSSR count). The molecule has 0 saturated heterocycles. The number of para-hydroxylation sites is 1. The summed E-state index contributed by atoms with van der Waals surface area (Å²) in [7, 11) is 1.55. The summed E-state index contributed by atoms with van der Waals surface area (Å²) in [6.45, 7) is 9.72. The molecule has 6 nitrogen and oxygen atoms in total. The van der Waals surface area contributed by atoms with Crippen LogP contribution in [-0.2, 0) is 21.4 Å². The highest BCUT2D eigenvalue weighted by atomic mass is 16.5. The number of carbonyl (C=O) groups is 2. The number of carbonyl (C=O) groups excluding carboxylic acids is 2. The zero-order valence-corrected chi connectivity index (χ0v) is 19.5. The average Bonchev–Trinajstić information content (AvgIpc) is 2.76. The number of pyridine rings is 1. The second kappa shape index (κ2) is 9.39. The lowest BCUT2D eigenvalue weighted by Crippen LogP contribution is -2.22. The number of benzene rings is 2. The predicted molar refractivity (Wildman–Crippen MR) is 126 cm³/mol. The van der Waals surface area contributed by atoms with E-state index < -0.39 is 18.5 Å². The third-order valence-electron chi connectivity index (χ3n) is 5.45. The molecule has 168 valence electrons. The van der Waals surface area contributed by atoms with Gasteiger partial charge in [-0.1, -0.05) is 52.0 Å². The first-order valence-electron chi connectivity index (χ1n) is 10.7. The number of esters is 1. The van der Waals surface area contributed by atoms with Crippen LogP contribution < -0.4 is 10.1 Å². The molecular weight excluding hydrogens is 404 g/mol. The van der Waals surface area contributed by atoms with Gasteiger partial charge in [0.1, 0.15) is 5.75 Å². The van der Waals surface area contributed by atoms with Crippen LogP contribution in [-0.4, -0.2) is 30.6 Å². The molecule has 1 heterocycles. The van der Waals surface area contributed by atoms with Crippen molar-refractivity contribution in [2.45, 2.75) is 46.5 Å². The van der Waals surface area contributed by atoms with Gasteiger partial charge in [0.2, 0.25) is 0 Å². The number of methoxy groups -OCH3 is 1. The minimum atomic E-state index is -0.540. The number of hydrogen-bond donors (Lipinski definition) is 1. The lowest BCUT2D eigenvalue weighted by molar-refractivity contribution is -0.119. The number of fused-ring (bicyclic) bond motifs is 1. The lowest BCUT2D eigenvalue weighted by atomic mass is 9.87. The van der Waals surface area contributed by atoms with E-state index in [2.05, 4.69) is 31.1 Å². The number of aryl methyl sites for hydroxylation is 1. The number of anilines is 1. The Morgan fingerprint density at radius 2 is 1.81 bits per heavy atom. The van der Waals surface area contributed by atoms with Gasteiger partial charge in [0.15, 0.2) is 6.61 Å². The van der Waals surface area contributed by atoms with E-state index in [9.17, 15) is 9.59 Å². The van der Waals surface area contributed by atoms with Gasteiger partial charge >= 0.3 is 5.97 Å². The molecule has 1 amide bonds. The Kier molecular flexibility index (Phi) is 6.82. The maximum atomic E-state index is 13.0. The summed E-state index contributed by atoms with van der Waals surface area (Å²) in [5.74, 6) is -0.433. The van der Waals surface area contributed by atoms with Crippen molar-refractivity contribution in [2.75, 3.05) is 19.0 Å². The predicted octanol–water partition coefficient (Wildman–Crippen LogP) is 5.21. The van der Waals surface area contributed by atoms with Gasteiger partial charge in [-0.3, -0.25) is 9.78 Å². The van der Waals surface area contributed by atoms with Crippen LogP contribution in [0, 0.1) is 6.92 Å². The third kappa shape index (κ3) is 4.90. The van der Waals surface area contributed by atoms with E-state index in [1.54, 1.807) is 7.11 Å². The molecule has 0 radical (unpaired) electrons. The molecular formula is C26H30N2O4. The highest BCUT2D eigenvalue weighted by molar-refractivity contribution is 6.06. The van der Waals surface area contributed by atoms with Crippen molar-refractivity contribution in [2.24, 2.45) is 0 Å². The van der Waals surface area contributed by atoms with Crippen LogP contribution in [0.5, 0.6) is 5.75 Å². The largest absolute Gasteiger partial charge is 0.495 e. The van der Waals surface area contributed by atoms with E-state index in [-0.39, 0.29) is 5.41 Å². The summed E-state index contributed by atoms with van der Waals surface area (Å²) in [6, 6.07) is 13.1. The molecule has 3 aromatic rings. The van der Waals surface area contributed by atoms with E-state index in [4.69, 9.17) is 9.47 Å². The molecule has 0 aliphatic carbocycles. The van der Waals surface area contributed by atoms with Crippen molar-refractivity contribution in [1.29, 1.82) is 0 Å². The van der Waals surface area contributed by atoms with Crippen molar-refractivity contribution >= 4 is 28.5 Å². The van der Waals surface area contributed by atoms with Crippen LogP contribution in [0.25, 0.3) is 10.9 Å². The van der Waals surface area contributed by atoms with Gasteiger partial charge in [0, 0.05) is 11.1 Å². The van der Waals surface area contributed by atoms with E-state index in [0.29, 0.717) is 28.8 Å². The lowest BCUT2D eigenvalue weighted by Gasteiger charge is -2.21. The van der Waals surface area contributed by atoms with Crippen molar-refractivity contribution < 1.29 is 19.1 Å². The Balaban J connectivity index is 1.79. The fraction of sp³-hybridized carbons (Fsp3) is 0.346. The molecule has 2 aromatic carbocycles. The Morgan fingerprint density at radius 3 is 2.47 bits per heavy atom. The highest BCUT2D eigenvalue weighted by Crippen LogP contribution is 2.31. The van der Waals surface area contributed by atoms with Gasteiger partial charge in [0.25, 0.3) is 5.91 Å². The van der Waals surface area contributed by atoms with Gasteiger partial charge in [0.05, 0.1) is 23.9 Å². The first-order valence-corrected chi connectivity index (χ1v) is 10.7. The molecule has 0 aliphatic rings. The van der Waals surface area contributed by atoms with Crippen LogP contribution in [0.2, 0.25) is 0 Å². The number of amides is 1. The molecule has 0 bridgehead atoms. The maximum Gasteiger partial charge on any atom is 0.339 e. The summed E-state index contributed by atoms with van der Waals surface area (Å²) < 4.78 is 10.8. The van der Waals surface area contributed by atoms with Crippen LogP contribution >= 0.6 is 0 Å². The van der Waals surface area contributed by atoms with E-state index in [1.165, 1.54) is 0 Å². The summed E-state index contributed by atoms with van der Waals surface area (Å²) >= 11 is 0. The SMILES string of the molecule is CCc1nc2ccccc2c(C(=O)OCC(=O)Nc2cc(C(C)(C)C)ccc2OC)c1C. The van der Waals surface area contributed by atoms with E-state index >= 15 is 0 Å². The fourth-order valence-electron chi connectivity index (χ4n) is 3.63.